The molecule has 2 atom stereocenters. The number of rotatable bonds is 3. The Morgan fingerprint density at radius 2 is 1.69 bits per heavy atom. The molecule has 2 amide bonds. The van der Waals surface area contributed by atoms with Crippen LogP contribution in [0.25, 0.3) is 22.0 Å². The quantitative estimate of drug-likeness (QED) is 0.291. The van der Waals surface area contributed by atoms with Crippen LogP contribution in [0.5, 0.6) is 0 Å². The van der Waals surface area contributed by atoms with E-state index < -0.39 is 10.8 Å². The zero-order valence-corrected chi connectivity index (χ0v) is 23.7. The van der Waals surface area contributed by atoms with E-state index in [9.17, 15) is 9.59 Å². The molecule has 39 heavy (non-hydrogen) atoms. The smallest absolute Gasteiger partial charge is 0.244 e. The highest BCUT2D eigenvalue weighted by Gasteiger charge is 2.62. The molecule has 6 rings (SSSR count). The summed E-state index contributed by atoms with van der Waals surface area (Å²) in [6.07, 6.45) is 2.71. The van der Waals surface area contributed by atoms with Gasteiger partial charge in [0.2, 0.25) is 11.8 Å². The second-order valence-corrected chi connectivity index (χ2v) is 12.6. The van der Waals surface area contributed by atoms with Gasteiger partial charge in [-0.3, -0.25) is 14.5 Å². The SMILES string of the molecule is CC(C)[C@@H]1N(C(=O)C(C)(C)C)CC[C@@]12C(=O)N(c1cccc(-c3ccc4ccn(C)c4c3)c1)c1ccccc12. The van der Waals surface area contributed by atoms with Crippen LogP contribution in [0.1, 0.15) is 46.6 Å². The van der Waals surface area contributed by atoms with Gasteiger partial charge >= 0.3 is 0 Å². The summed E-state index contributed by atoms with van der Waals surface area (Å²) in [6.45, 7) is 10.8. The second kappa shape index (κ2) is 8.84. The molecule has 0 saturated carbocycles. The number of carbonyl (C=O) groups excluding carboxylic acids is 2. The molecule has 0 aliphatic carbocycles. The van der Waals surface area contributed by atoms with Crippen molar-refractivity contribution in [1.29, 1.82) is 0 Å². The highest BCUT2D eigenvalue weighted by molar-refractivity contribution is 6.14. The van der Waals surface area contributed by atoms with Gasteiger partial charge in [0.05, 0.1) is 17.1 Å². The molecule has 0 radical (unpaired) electrons. The summed E-state index contributed by atoms with van der Waals surface area (Å²) < 4.78 is 2.13. The second-order valence-electron chi connectivity index (χ2n) is 12.6. The summed E-state index contributed by atoms with van der Waals surface area (Å²) in [4.78, 5) is 32.2. The standard InChI is InChI=1S/C34H37N3O2/c1-22(2)30-34(17-19-36(30)31(38)33(3,4)5)27-12-7-8-13-28(27)37(32(34)39)26-11-9-10-24(20-26)25-15-14-23-16-18-35(6)29(23)21-25/h7-16,18,20-22,30H,17,19H2,1-6H3/t30-,34-/m0/s1. The van der Waals surface area contributed by atoms with Crippen molar-refractivity contribution in [1.82, 2.24) is 9.47 Å². The highest BCUT2D eigenvalue weighted by atomic mass is 16.2. The van der Waals surface area contributed by atoms with Crippen molar-refractivity contribution in [2.75, 3.05) is 11.4 Å². The summed E-state index contributed by atoms with van der Waals surface area (Å²) in [5.74, 6) is 0.306. The molecule has 1 saturated heterocycles. The van der Waals surface area contributed by atoms with Gasteiger partial charge in [0.15, 0.2) is 0 Å². The van der Waals surface area contributed by atoms with E-state index in [2.05, 4.69) is 80.2 Å². The van der Waals surface area contributed by atoms with Crippen LogP contribution in [0.15, 0.2) is 79.0 Å². The van der Waals surface area contributed by atoms with Gasteiger partial charge in [0.1, 0.15) is 0 Å². The molecule has 200 valence electrons. The van der Waals surface area contributed by atoms with Crippen LogP contribution in [0.2, 0.25) is 0 Å². The summed E-state index contributed by atoms with van der Waals surface area (Å²) >= 11 is 0. The number of likely N-dealkylation sites (tertiary alicyclic amines) is 1. The third-order valence-corrected chi connectivity index (χ3v) is 8.66. The first-order valence-corrected chi connectivity index (χ1v) is 13.9. The van der Waals surface area contributed by atoms with E-state index in [-0.39, 0.29) is 23.8 Å². The Balaban J connectivity index is 1.46. The van der Waals surface area contributed by atoms with Gasteiger partial charge in [-0.15, -0.1) is 0 Å². The van der Waals surface area contributed by atoms with Gasteiger partial charge < -0.3 is 9.47 Å². The molecule has 0 unspecified atom stereocenters. The molecular formula is C34H37N3O2. The molecule has 0 bridgehead atoms. The average Bonchev–Trinajstić information content (AvgIpc) is 3.56. The van der Waals surface area contributed by atoms with Gasteiger partial charge in [-0.2, -0.15) is 0 Å². The molecule has 1 aromatic heterocycles. The zero-order valence-electron chi connectivity index (χ0n) is 23.7. The van der Waals surface area contributed by atoms with E-state index in [4.69, 9.17) is 0 Å². The van der Waals surface area contributed by atoms with E-state index in [1.165, 1.54) is 10.9 Å². The van der Waals surface area contributed by atoms with Crippen LogP contribution < -0.4 is 4.90 Å². The van der Waals surface area contributed by atoms with Crippen LogP contribution in [0.3, 0.4) is 0 Å². The van der Waals surface area contributed by atoms with Gasteiger partial charge in [-0.05, 0) is 64.7 Å². The minimum absolute atomic E-state index is 0.0710. The Morgan fingerprint density at radius 1 is 0.949 bits per heavy atom. The van der Waals surface area contributed by atoms with Crippen LogP contribution >= 0.6 is 0 Å². The first kappa shape index (κ1) is 25.4. The van der Waals surface area contributed by atoms with Gasteiger partial charge in [-0.1, -0.05) is 77.1 Å². The normalized spacial score (nSPS) is 21.0. The number of aryl methyl sites for hydroxylation is 1. The summed E-state index contributed by atoms with van der Waals surface area (Å²) in [5, 5.41) is 1.21. The molecule has 5 nitrogen and oxygen atoms in total. The molecule has 4 aromatic rings. The fourth-order valence-electron chi connectivity index (χ4n) is 6.96. The fourth-order valence-corrected chi connectivity index (χ4v) is 6.96. The minimum Gasteiger partial charge on any atom is -0.351 e. The number of hydrogen-bond acceptors (Lipinski definition) is 2. The van der Waals surface area contributed by atoms with Crippen LogP contribution in [0.4, 0.5) is 11.4 Å². The van der Waals surface area contributed by atoms with E-state index >= 15 is 0 Å². The number of benzene rings is 3. The lowest BCUT2D eigenvalue weighted by atomic mass is 9.71. The number of nitrogens with zero attached hydrogens (tertiary/aromatic N) is 3. The summed E-state index contributed by atoms with van der Waals surface area (Å²) in [6, 6.07) is 24.9. The first-order chi connectivity index (χ1) is 18.5. The molecule has 3 aromatic carbocycles. The van der Waals surface area contributed by atoms with Crippen LogP contribution in [0, 0.1) is 11.3 Å². The Hall–Kier alpha value is -3.86. The lowest BCUT2D eigenvalue weighted by molar-refractivity contribution is -0.142. The van der Waals surface area contributed by atoms with Gasteiger partial charge in [0, 0.05) is 36.4 Å². The summed E-state index contributed by atoms with van der Waals surface area (Å²) in [5.41, 5.74) is 4.91. The number of aromatic nitrogens is 1. The Labute approximate surface area is 231 Å². The van der Waals surface area contributed by atoms with Crippen LogP contribution in [-0.2, 0) is 22.1 Å². The van der Waals surface area contributed by atoms with Crippen molar-refractivity contribution in [3.05, 3.63) is 84.6 Å². The Morgan fingerprint density at radius 3 is 2.44 bits per heavy atom. The number of anilines is 2. The third kappa shape index (κ3) is 3.74. The lowest BCUT2D eigenvalue weighted by Crippen LogP contribution is -2.54. The van der Waals surface area contributed by atoms with Crippen LogP contribution in [-0.4, -0.2) is 33.9 Å². The fraction of sp³-hybridized carbons (Fsp3) is 0.353. The maximum atomic E-state index is 14.7. The predicted octanol–water partition coefficient (Wildman–Crippen LogP) is 7.06. The largest absolute Gasteiger partial charge is 0.351 e. The van der Waals surface area contributed by atoms with Crippen molar-refractivity contribution >= 4 is 34.1 Å². The molecule has 2 aliphatic rings. The van der Waals surface area contributed by atoms with Crippen molar-refractivity contribution in [3.63, 3.8) is 0 Å². The molecular weight excluding hydrogens is 482 g/mol. The maximum absolute atomic E-state index is 14.7. The highest BCUT2D eigenvalue weighted by Crippen LogP contribution is 2.55. The van der Waals surface area contributed by atoms with Crippen molar-refractivity contribution < 1.29 is 9.59 Å². The molecule has 3 heterocycles. The number of para-hydroxylation sites is 1. The van der Waals surface area contributed by atoms with E-state index in [0.29, 0.717) is 13.0 Å². The lowest BCUT2D eigenvalue weighted by Gasteiger charge is -2.39. The van der Waals surface area contributed by atoms with Crippen molar-refractivity contribution in [3.8, 4) is 11.1 Å². The van der Waals surface area contributed by atoms with E-state index in [1.807, 2.05) is 54.8 Å². The van der Waals surface area contributed by atoms with Gasteiger partial charge in [0.25, 0.3) is 0 Å². The third-order valence-electron chi connectivity index (χ3n) is 8.66. The topological polar surface area (TPSA) is 45.6 Å². The number of carbonyl (C=O) groups is 2. The van der Waals surface area contributed by atoms with E-state index in [1.54, 1.807) is 0 Å². The molecule has 1 spiro atoms. The van der Waals surface area contributed by atoms with Gasteiger partial charge in [-0.25, -0.2) is 0 Å². The monoisotopic (exact) mass is 519 g/mol. The van der Waals surface area contributed by atoms with Crippen molar-refractivity contribution in [2.24, 2.45) is 18.4 Å². The average molecular weight is 520 g/mol. The summed E-state index contributed by atoms with van der Waals surface area (Å²) in [7, 11) is 2.06. The number of amides is 2. The van der Waals surface area contributed by atoms with Crippen molar-refractivity contribution in [2.45, 2.75) is 52.5 Å². The first-order valence-electron chi connectivity index (χ1n) is 13.9. The Kier molecular flexibility index (Phi) is 5.76. The molecule has 5 heteroatoms. The predicted molar refractivity (Wildman–Crippen MR) is 158 cm³/mol. The maximum Gasteiger partial charge on any atom is 0.244 e. The minimum atomic E-state index is -0.760. The molecule has 0 N–H and O–H groups in total. The Bertz CT molecular complexity index is 1610. The molecule has 1 fully saturated rings. The van der Waals surface area contributed by atoms with E-state index in [0.717, 1.165) is 28.1 Å². The molecule has 2 aliphatic heterocycles. The number of hydrogen-bond donors (Lipinski definition) is 0. The number of fused-ring (bicyclic) bond motifs is 3. The zero-order chi connectivity index (χ0) is 27.7.